The van der Waals surface area contributed by atoms with Crippen LogP contribution in [0.5, 0.6) is 0 Å². The van der Waals surface area contributed by atoms with Crippen LogP contribution in [0.15, 0.2) is 60.7 Å². The van der Waals surface area contributed by atoms with Crippen molar-refractivity contribution in [3.05, 3.63) is 71.8 Å². The quantitative estimate of drug-likeness (QED) is 0.0914. The highest BCUT2D eigenvalue weighted by Gasteiger charge is 2.47. The molecule has 2 saturated heterocycles. The standard InChI is InChI=1S/C27H42N2O7.C22H34N2O5.ClH/c1-26(2,3)22(28-25(32)36-27(4,5)6)23(30)29-17-20(16-21(29)24(31)33-7)35-15-11-14-34-18-19-12-9-8-10-13-19;1-22(2,3)19(23)20(25)24-14-17(13-18(24)21(26)27-4)29-12-8-11-28-15-16-9-6-5-7-10-16;/h8-10,12-13,20-22H,11,14-18H2,1-7H3,(H,28,32);5-7,9-10,17-19H,8,11-15,23H2,1-4H3;1H/t20-,21+,22-;17-,18+,19-;/m11./s1. The van der Waals surface area contributed by atoms with E-state index in [2.05, 4.69) is 5.32 Å². The van der Waals surface area contributed by atoms with Crippen molar-refractivity contribution in [1.82, 2.24) is 15.1 Å². The van der Waals surface area contributed by atoms with Gasteiger partial charge in [-0.15, -0.1) is 12.4 Å². The summed E-state index contributed by atoms with van der Waals surface area (Å²) in [6, 6.07) is 16.9. The Labute approximate surface area is 398 Å². The second-order valence-corrected chi connectivity index (χ2v) is 19.6. The summed E-state index contributed by atoms with van der Waals surface area (Å²) in [6.45, 7) is 20.3. The lowest BCUT2D eigenvalue weighted by Gasteiger charge is -2.35. The van der Waals surface area contributed by atoms with Gasteiger partial charge < -0.3 is 54.0 Å². The van der Waals surface area contributed by atoms with Crippen LogP contribution in [-0.2, 0) is 65.5 Å². The number of amides is 3. The average Bonchev–Trinajstić information content (AvgIpc) is 3.89. The van der Waals surface area contributed by atoms with Gasteiger partial charge in [-0.1, -0.05) is 102 Å². The number of hydrogen-bond acceptors (Lipinski definition) is 13. The molecule has 16 nitrogen and oxygen atoms in total. The molecule has 66 heavy (non-hydrogen) atoms. The lowest BCUT2D eigenvalue weighted by molar-refractivity contribution is -0.152. The van der Waals surface area contributed by atoms with Crippen LogP contribution in [0.25, 0.3) is 0 Å². The number of ether oxygens (including phenoxy) is 7. The Bertz CT molecular complexity index is 1780. The molecular weight excluding hydrogens is 872 g/mol. The highest BCUT2D eigenvalue weighted by atomic mass is 35.5. The van der Waals surface area contributed by atoms with Crippen LogP contribution in [0.3, 0.4) is 0 Å². The van der Waals surface area contributed by atoms with E-state index in [9.17, 15) is 24.0 Å². The Kier molecular flexibility index (Phi) is 24.1. The third kappa shape index (κ3) is 19.5. The molecule has 3 N–H and O–H groups in total. The van der Waals surface area contributed by atoms with Crippen molar-refractivity contribution in [2.24, 2.45) is 16.6 Å². The predicted octanol–water partition coefficient (Wildman–Crippen LogP) is 6.24. The van der Waals surface area contributed by atoms with Gasteiger partial charge in [-0.2, -0.15) is 0 Å². The Morgan fingerprint density at radius 3 is 1.41 bits per heavy atom. The maximum Gasteiger partial charge on any atom is 0.408 e. The highest BCUT2D eigenvalue weighted by Crippen LogP contribution is 2.29. The largest absolute Gasteiger partial charge is 0.467 e. The smallest absolute Gasteiger partial charge is 0.408 e. The number of hydrogen-bond donors (Lipinski definition) is 2. The number of benzene rings is 2. The number of alkyl carbamates (subject to hydrolysis) is 1. The third-order valence-electron chi connectivity index (χ3n) is 10.8. The van der Waals surface area contributed by atoms with Crippen molar-refractivity contribution in [2.75, 3.05) is 53.7 Å². The molecule has 17 heteroatoms. The van der Waals surface area contributed by atoms with Gasteiger partial charge in [0, 0.05) is 52.4 Å². The molecule has 0 radical (unpaired) electrons. The molecule has 0 spiro atoms. The molecule has 0 bridgehead atoms. The molecule has 2 aromatic rings. The molecular formula is C49H77ClN4O12. The first-order valence-corrected chi connectivity index (χ1v) is 22.5. The van der Waals surface area contributed by atoms with Crippen LogP contribution in [0.4, 0.5) is 4.79 Å². The number of halogens is 1. The zero-order valence-electron chi connectivity index (χ0n) is 41.0. The van der Waals surface area contributed by atoms with E-state index in [1.165, 1.54) is 24.0 Å². The summed E-state index contributed by atoms with van der Waals surface area (Å²) < 4.78 is 38.4. The zero-order chi connectivity index (χ0) is 48.4. The zero-order valence-corrected chi connectivity index (χ0v) is 41.8. The number of esters is 2. The summed E-state index contributed by atoms with van der Waals surface area (Å²) >= 11 is 0. The van der Waals surface area contributed by atoms with E-state index in [0.717, 1.165) is 17.5 Å². The molecule has 0 aliphatic carbocycles. The minimum atomic E-state index is -0.898. The van der Waals surface area contributed by atoms with Gasteiger partial charge in [-0.25, -0.2) is 14.4 Å². The molecule has 6 atom stereocenters. The number of carbonyl (C=O) groups excluding carboxylic acids is 5. The van der Waals surface area contributed by atoms with Crippen molar-refractivity contribution in [3.8, 4) is 0 Å². The molecule has 2 fully saturated rings. The number of nitrogens with zero attached hydrogens (tertiary/aromatic N) is 2. The van der Waals surface area contributed by atoms with Crippen LogP contribution in [-0.4, -0.2) is 135 Å². The van der Waals surface area contributed by atoms with E-state index in [4.69, 9.17) is 38.9 Å². The lowest BCUT2D eigenvalue weighted by Crippen LogP contribution is -2.57. The molecule has 2 heterocycles. The summed E-state index contributed by atoms with van der Waals surface area (Å²) in [6.07, 6.45) is 0.936. The van der Waals surface area contributed by atoms with E-state index in [0.29, 0.717) is 65.4 Å². The summed E-state index contributed by atoms with van der Waals surface area (Å²) in [5.74, 6) is -1.56. The third-order valence-corrected chi connectivity index (χ3v) is 10.8. The number of rotatable bonds is 19. The van der Waals surface area contributed by atoms with Crippen molar-refractivity contribution >= 4 is 42.3 Å². The molecule has 0 unspecified atom stereocenters. The van der Waals surface area contributed by atoms with Crippen LogP contribution >= 0.6 is 12.4 Å². The Hall–Kier alpha value is -4.32. The first-order chi connectivity index (χ1) is 30.5. The first-order valence-electron chi connectivity index (χ1n) is 22.5. The minimum Gasteiger partial charge on any atom is -0.467 e. The second-order valence-electron chi connectivity index (χ2n) is 19.6. The van der Waals surface area contributed by atoms with E-state index in [-0.39, 0.29) is 43.0 Å². The minimum absolute atomic E-state index is 0. The molecule has 3 amide bonds. The van der Waals surface area contributed by atoms with Gasteiger partial charge in [0.15, 0.2) is 0 Å². The summed E-state index contributed by atoms with van der Waals surface area (Å²) in [4.78, 5) is 66.5. The number of methoxy groups -OCH3 is 2. The summed E-state index contributed by atoms with van der Waals surface area (Å²) in [7, 11) is 2.62. The fourth-order valence-corrected chi connectivity index (χ4v) is 7.18. The Morgan fingerprint density at radius 1 is 0.636 bits per heavy atom. The maximum atomic E-state index is 13.6. The first kappa shape index (κ1) is 57.8. The average molecular weight is 950 g/mol. The van der Waals surface area contributed by atoms with E-state index >= 15 is 0 Å². The molecule has 0 aromatic heterocycles. The van der Waals surface area contributed by atoms with Crippen molar-refractivity contribution < 1.29 is 57.1 Å². The molecule has 0 saturated carbocycles. The molecule has 2 aliphatic rings. The van der Waals surface area contributed by atoms with Crippen LogP contribution in [0.2, 0.25) is 0 Å². The van der Waals surface area contributed by atoms with Gasteiger partial charge in [0.25, 0.3) is 0 Å². The number of nitrogens with two attached hydrogens (primary N) is 1. The maximum absolute atomic E-state index is 13.6. The topological polar surface area (TPSA) is 194 Å². The van der Waals surface area contributed by atoms with Gasteiger partial charge in [0.05, 0.1) is 45.7 Å². The predicted molar refractivity (Wildman–Crippen MR) is 252 cm³/mol. The van der Waals surface area contributed by atoms with E-state index in [1.807, 2.05) is 102 Å². The van der Waals surface area contributed by atoms with Crippen molar-refractivity contribution in [1.29, 1.82) is 0 Å². The van der Waals surface area contributed by atoms with Gasteiger partial charge in [0.2, 0.25) is 11.8 Å². The highest BCUT2D eigenvalue weighted by molar-refractivity contribution is 5.91. The Balaban J connectivity index is 0.000000457. The van der Waals surface area contributed by atoms with Gasteiger partial charge >= 0.3 is 18.0 Å². The lowest BCUT2D eigenvalue weighted by atomic mass is 9.85. The monoisotopic (exact) mass is 949 g/mol. The number of likely N-dealkylation sites (tertiary alicyclic amines) is 2. The normalized spacial score (nSPS) is 19.4. The van der Waals surface area contributed by atoms with Gasteiger partial charge in [0.1, 0.15) is 23.7 Å². The van der Waals surface area contributed by atoms with Crippen LogP contribution in [0, 0.1) is 10.8 Å². The van der Waals surface area contributed by atoms with Crippen LogP contribution in [0.1, 0.15) is 99.1 Å². The number of nitrogens with one attached hydrogen (secondary N) is 1. The Morgan fingerprint density at radius 2 is 1.05 bits per heavy atom. The van der Waals surface area contributed by atoms with Crippen molar-refractivity contribution in [3.63, 3.8) is 0 Å². The summed E-state index contributed by atoms with van der Waals surface area (Å²) in [5.41, 5.74) is 6.64. The van der Waals surface area contributed by atoms with E-state index < -0.39 is 58.6 Å². The fraction of sp³-hybridized carbons (Fsp3) is 0.653. The van der Waals surface area contributed by atoms with Gasteiger partial charge in [-0.3, -0.25) is 9.59 Å². The fourth-order valence-electron chi connectivity index (χ4n) is 7.18. The molecule has 372 valence electrons. The second kappa shape index (κ2) is 27.5. The number of carbonyl (C=O) groups is 5. The van der Waals surface area contributed by atoms with Crippen molar-refractivity contribution in [2.45, 2.75) is 143 Å². The van der Waals surface area contributed by atoms with E-state index in [1.54, 1.807) is 20.8 Å². The van der Waals surface area contributed by atoms with Gasteiger partial charge in [-0.05, 0) is 55.6 Å². The molecule has 2 aromatic carbocycles. The molecule has 2 aliphatic heterocycles. The van der Waals surface area contributed by atoms with Crippen LogP contribution < -0.4 is 11.1 Å². The molecule has 4 rings (SSSR count). The summed E-state index contributed by atoms with van der Waals surface area (Å²) in [5, 5.41) is 2.70. The SMILES string of the molecule is COC(=O)[C@@H]1C[C@@H](OCCCOCc2ccccc2)CN1C(=O)[C@@H](N)C(C)(C)C.COC(=O)[C@@H]1C[C@@H](OCCCOCc2ccccc2)CN1C(=O)[C@@H](NC(=O)OC(C)(C)C)C(C)(C)C.Cl.